The summed E-state index contributed by atoms with van der Waals surface area (Å²) in [5, 5.41) is 379. The van der Waals surface area contributed by atoms with Crippen LogP contribution in [-0.4, -0.2) is 582 Å². The minimum Gasteiger partial charge on any atom is -0.477 e. The average Bonchev–Trinajstić information content (AvgIpc) is 1.63. The van der Waals surface area contributed by atoms with Crippen molar-refractivity contribution in [2.24, 2.45) is 0 Å². The van der Waals surface area contributed by atoms with Gasteiger partial charge in [-0.3, -0.25) is 0 Å². The number of hydrogen-bond acceptors (Lipinski definition) is 60. The Kier molecular flexibility index (Phi) is 50.5. The summed E-state index contributed by atoms with van der Waals surface area (Å²) in [4.78, 5) is 60.3. The molecule has 10 rings (SSSR count). The summed E-state index contributed by atoms with van der Waals surface area (Å²) in [5.74, 6) is -11.3. The van der Waals surface area contributed by atoms with Gasteiger partial charge in [0, 0.05) is 0 Å². The standard InChI is InChI=1S/C12H20O12.C12H22O11.C11H20O10.2C6H12O6.2C5H10O5.3CO2/c13-1-3-5(15)7(17)8(18)10(22-3)24-12(11(20)21)9(19)6(16)4(2-14)23-12;13-1-4-6(16)8(18)9(19)11(21-4)23-12(3-15)10(20)7(17)5(2-14)22-12;12-1-5-7(16)9(18)11(3-13,20-5)21-10-8(17)6(15)4(14)2-19-10;7-1-3-4(9)5(10)6(11,2-8)12-3;7-1-2-3(8)4(9)5(10)6(11)12-2;6-2-1-10-5(9)4(8)3(2)7;6-1-2-3(7)4(8)5(9)10-2;3*2-1-3/h3-10,13-19H,1-2H2,(H,20,21);4-11,13-20H,1-3H2;4-10,12-18H,1-3H2;3-5,7-11H,1-2H2;2-11H,1H2;2*2-9H,1H2;;;/t3-,4-,5-,6-,7+,8-,9+,10-,12-;4-,5-,6-,7-,8+,9-,10+,11-,12+;4-,5-,6+,7-,8-,9+,10-,11+;3-,4-,5+,6-;2-,3-,4+,5-,6+;2-,3+,4-,5+;2-,3-,4+,5-;;;/m1111111.../s1. The van der Waals surface area contributed by atoms with Gasteiger partial charge in [0.1, 0.15) is 215 Å². The van der Waals surface area contributed by atoms with Crippen LogP contribution in [0.4, 0.5) is 0 Å². The van der Waals surface area contributed by atoms with Gasteiger partial charge in [-0.1, -0.05) is 0 Å². The van der Waals surface area contributed by atoms with Gasteiger partial charge in [0.25, 0.3) is 0 Å². The van der Waals surface area contributed by atoms with E-state index in [9.17, 15) is 102 Å². The molecule has 43 atom stereocenters. The van der Waals surface area contributed by atoms with Crippen molar-refractivity contribution < 1.29 is 305 Å². The predicted molar refractivity (Wildman–Crippen MR) is 347 cm³/mol. The van der Waals surface area contributed by atoms with Crippen LogP contribution in [0.15, 0.2) is 0 Å². The van der Waals surface area contributed by atoms with Crippen LogP contribution in [0.3, 0.4) is 0 Å². The molecular formula is C60H106O61. The first kappa shape index (κ1) is 114. The summed E-state index contributed by atoms with van der Waals surface area (Å²) in [7, 11) is 0. The molecule has 61 nitrogen and oxygen atoms in total. The summed E-state index contributed by atoms with van der Waals surface area (Å²) in [6, 6.07) is 0. The zero-order chi connectivity index (χ0) is 93.6. The quantitative estimate of drug-likeness (QED) is 0.0606. The largest absolute Gasteiger partial charge is 0.477 e. The normalized spacial score (nSPS) is 46.3. The fraction of sp³-hybridized carbons (Fsp3) is 0.933. The molecule has 10 aliphatic rings. The molecule has 121 heavy (non-hydrogen) atoms. The van der Waals surface area contributed by atoms with Gasteiger partial charge in [-0.25, -0.2) is 4.79 Å². The van der Waals surface area contributed by atoms with E-state index in [0.29, 0.717) is 0 Å². The first-order valence-corrected chi connectivity index (χ1v) is 34.8. The Balaban J connectivity index is 0.000000710. The highest BCUT2D eigenvalue weighted by Gasteiger charge is 2.65. The van der Waals surface area contributed by atoms with Crippen LogP contribution >= 0.6 is 0 Å². The lowest BCUT2D eigenvalue weighted by Gasteiger charge is -2.43. The molecule has 41 N–H and O–H groups in total. The van der Waals surface area contributed by atoms with E-state index in [1.807, 2.05) is 0 Å². The lowest BCUT2D eigenvalue weighted by Crippen LogP contribution is -2.63. The monoisotopic (exact) mass is 1800 g/mol. The van der Waals surface area contributed by atoms with Crippen LogP contribution in [0, 0.1) is 0 Å². The second-order valence-corrected chi connectivity index (χ2v) is 26.5. The van der Waals surface area contributed by atoms with Gasteiger partial charge in [-0.2, -0.15) is 28.8 Å². The molecule has 712 valence electrons. The van der Waals surface area contributed by atoms with Crippen molar-refractivity contribution in [1.82, 2.24) is 0 Å². The number of aliphatic carboxylic acids is 1. The molecule has 0 amide bonds. The zero-order valence-corrected chi connectivity index (χ0v) is 62.2. The SMILES string of the molecule is O=C(O)[C@@]1(O[C@H]2O[C@H](CO)[C@@H](O)[C@H](O)[C@H]2O)O[C@H](CO)[C@@H](O)[C@@H]1O.O=C=O.O=C=O.O=C=O.OC[C@H]1O[C@@H](O)[C@@H](O)[C@@H]1O.OC[C@H]1O[C@@](CO)(O[C@H]2OC[C@@H](O)[C@H](O)[C@H]2O)[C@@H](O)[C@@H]1O.OC[C@H]1O[C@@](CO)(O[C@H]2O[C@H](CO)[C@@H](O)[C@H](O)[C@H]2O)[C@@H](O)[C@@H]1O.OC[C@H]1O[C@H](O)[C@H](O)[C@@H](O)[C@@H]1O.OC[C@H]1O[C@](O)(CO)[C@@H](O)[C@@H]1O.O[C@@H]1[C@@H](O)[C@@H](O)OC[C@H]1O. The van der Waals surface area contributed by atoms with E-state index < -0.39 is 341 Å². The summed E-state index contributed by atoms with van der Waals surface area (Å²) < 4.78 is 63.8. The summed E-state index contributed by atoms with van der Waals surface area (Å²) >= 11 is 0. The lowest BCUT2D eigenvalue weighted by molar-refractivity contribution is -0.383. The topological polar surface area (TPSA) is 1070 Å². The van der Waals surface area contributed by atoms with Gasteiger partial charge in [0.15, 0.2) is 37.7 Å². The van der Waals surface area contributed by atoms with Crippen molar-refractivity contribution in [2.45, 2.75) is 262 Å². The molecule has 0 aromatic rings. The molecule has 61 heteroatoms. The number of carbonyl (C=O) groups is 1. The van der Waals surface area contributed by atoms with E-state index >= 15 is 0 Å². The van der Waals surface area contributed by atoms with Crippen LogP contribution in [-0.2, 0) is 95.1 Å². The molecule has 0 bridgehead atoms. The Bertz CT molecular complexity index is 2920. The third-order valence-corrected chi connectivity index (χ3v) is 18.6. The summed E-state index contributed by atoms with van der Waals surface area (Å²) in [6.07, 6.45) is -57.6. The van der Waals surface area contributed by atoms with Crippen molar-refractivity contribution in [2.75, 3.05) is 85.9 Å². The lowest BCUT2D eigenvalue weighted by atomic mass is 9.99. The molecule has 10 fully saturated rings. The minimum atomic E-state index is -2.90. The van der Waals surface area contributed by atoms with Crippen molar-refractivity contribution in [3.8, 4) is 0 Å². The second-order valence-electron chi connectivity index (χ2n) is 26.5. The number of carboxylic acid groups (broad SMARTS) is 1. The van der Waals surface area contributed by atoms with E-state index in [-0.39, 0.29) is 31.7 Å². The number of carbonyl (C=O) groups excluding carboxylic acids is 6. The maximum Gasteiger partial charge on any atom is 0.373 e. The van der Waals surface area contributed by atoms with Gasteiger partial charge in [-0.05, 0) is 0 Å². The third kappa shape index (κ3) is 28.7. The Morgan fingerprint density at radius 1 is 0.281 bits per heavy atom. The molecule has 10 aliphatic heterocycles. The Morgan fingerprint density at radius 2 is 0.554 bits per heavy atom. The van der Waals surface area contributed by atoms with Gasteiger partial charge >= 0.3 is 30.2 Å². The van der Waals surface area contributed by atoms with E-state index in [4.69, 9.17) is 184 Å². The number of rotatable bonds is 18. The summed E-state index contributed by atoms with van der Waals surface area (Å²) in [6.45, 7) is -8.24. The maximum atomic E-state index is 11.5. The Hall–Kier alpha value is -4.51. The number of aliphatic hydroxyl groups is 40. The summed E-state index contributed by atoms with van der Waals surface area (Å²) in [5.41, 5.74) is 0. The molecule has 10 saturated heterocycles. The molecule has 0 radical (unpaired) electrons. The third-order valence-electron chi connectivity index (χ3n) is 18.6. The number of hydrogen-bond donors (Lipinski definition) is 41. The van der Waals surface area contributed by atoms with E-state index in [1.54, 1.807) is 0 Å². The molecule has 0 saturated carbocycles. The van der Waals surface area contributed by atoms with Gasteiger partial charge in [-0.15, -0.1) is 0 Å². The van der Waals surface area contributed by atoms with Crippen LogP contribution in [0.1, 0.15) is 0 Å². The van der Waals surface area contributed by atoms with E-state index in [0.717, 1.165) is 0 Å². The first-order chi connectivity index (χ1) is 56.5. The fourth-order valence-corrected chi connectivity index (χ4v) is 11.5. The van der Waals surface area contributed by atoms with Crippen LogP contribution < -0.4 is 0 Å². The molecule has 0 aromatic carbocycles. The van der Waals surface area contributed by atoms with Crippen molar-refractivity contribution in [3.63, 3.8) is 0 Å². The molecule has 0 aliphatic carbocycles. The molecule has 0 spiro atoms. The molecule has 10 heterocycles. The number of aliphatic hydroxyl groups excluding tert-OH is 39. The Labute approximate surface area is 675 Å². The minimum absolute atomic E-state index is 0.153. The van der Waals surface area contributed by atoms with Crippen LogP contribution in [0.25, 0.3) is 0 Å². The van der Waals surface area contributed by atoms with Gasteiger partial charge < -0.3 is 271 Å². The van der Waals surface area contributed by atoms with E-state index in [2.05, 4.69) is 18.9 Å². The first-order valence-electron chi connectivity index (χ1n) is 34.8. The van der Waals surface area contributed by atoms with Gasteiger partial charge in [0.2, 0.25) is 17.4 Å². The Morgan fingerprint density at radius 3 is 0.860 bits per heavy atom. The number of ether oxygens (including phenoxy) is 13. The van der Waals surface area contributed by atoms with E-state index in [1.165, 1.54) is 0 Å². The maximum absolute atomic E-state index is 11.5. The molecule has 0 aromatic heterocycles. The molecule has 0 unspecified atom stereocenters. The smallest absolute Gasteiger partial charge is 0.373 e. The highest BCUT2D eigenvalue weighted by molar-refractivity contribution is 5.77. The number of carboxylic acids is 1. The zero-order valence-electron chi connectivity index (χ0n) is 62.2. The average molecular weight is 1800 g/mol. The fourth-order valence-electron chi connectivity index (χ4n) is 11.5. The van der Waals surface area contributed by atoms with Crippen molar-refractivity contribution in [1.29, 1.82) is 0 Å². The van der Waals surface area contributed by atoms with Gasteiger partial charge in [0.05, 0.1) is 72.7 Å². The highest BCUT2D eigenvalue weighted by Crippen LogP contribution is 2.40. The predicted octanol–water partition coefficient (Wildman–Crippen LogP) is -28.8. The highest BCUT2D eigenvalue weighted by atomic mass is 16.8. The van der Waals surface area contributed by atoms with Crippen molar-refractivity contribution >= 4 is 24.4 Å². The van der Waals surface area contributed by atoms with Crippen LogP contribution in [0.2, 0.25) is 0 Å². The van der Waals surface area contributed by atoms with Crippen molar-refractivity contribution in [3.05, 3.63) is 0 Å². The molecular weight excluding hydrogens is 1700 g/mol. The second kappa shape index (κ2) is 53.3. The van der Waals surface area contributed by atoms with Crippen LogP contribution in [0.5, 0.6) is 0 Å².